The molecule has 3 N–H and O–H groups in total. The lowest BCUT2D eigenvalue weighted by atomic mass is 9.89. The molecule has 1 amide bonds. The van der Waals surface area contributed by atoms with E-state index in [0.717, 1.165) is 12.8 Å². The molecule has 5 nitrogen and oxygen atoms in total. The molecule has 19 heavy (non-hydrogen) atoms. The van der Waals surface area contributed by atoms with Crippen LogP contribution in [0.4, 0.5) is 0 Å². The molecule has 1 fully saturated rings. The van der Waals surface area contributed by atoms with Gasteiger partial charge in [-0.1, -0.05) is 26.7 Å². The number of amides is 1. The van der Waals surface area contributed by atoms with Gasteiger partial charge in [0.2, 0.25) is 5.91 Å². The first-order valence-corrected chi connectivity index (χ1v) is 7.10. The van der Waals surface area contributed by atoms with Gasteiger partial charge in [-0.15, -0.1) is 0 Å². The van der Waals surface area contributed by atoms with Crippen molar-refractivity contribution in [1.29, 1.82) is 0 Å². The molecule has 0 aliphatic heterocycles. The minimum atomic E-state index is -0.951. The van der Waals surface area contributed by atoms with Crippen molar-refractivity contribution >= 4 is 11.9 Å². The second-order valence-corrected chi connectivity index (χ2v) is 5.76. The molecule has 0 aromatic rings. The van der Waals surface area contributed by atoms with Gasteiger partial charge in [0.1, 0.15) is 0 Å². The number of aliphatic hydroxyl groups is 1. The van der Waals surface area contributed by atoms with E-state index in [-0.39, 0.29) is 18.9 Å². The van der Waals surface area contributed by atoms with Gasteiger partial charge in [-0.3, -0.25) is 9.59 Å². The van der Waals surface area contributed by atoms with Crippen LogP contribution in [0.1, 0.15) is 58.8 Å². The van der Waals surface area contributed by atoms with E-state index in [1.807, 2.05) is 13.8 Å². The van der Waals surface area contributed by atoms with Crippen molar-refractivity contribution < 1.29 is 19.8 Å². The Bertz CT molecular complexity index is 330. The number of carboxylic acids is 1. The molecule has 0 atom stereocenters. The molecule has 0 aromatic carbocycles. The highest BCUT2D eigenvalue weighted by atomic mass is 16.4. The van der Waals surface area contributed by atoms with Gasteiger partial charge in [-0.2, -0.15) is 0 Å². The van der Waals surface area contributed by atoms with E-state index in [9.17, 15) is 14.7 Å². The number of nitrogens with one attached hydrogen (secondary N) is 1. The molecule has 0 heterocycles. The maximum Gasteiger partial charge on any atom is 0.311 e. The van der Waals surface area contributed by atoms with Crippen LogP contribution in [0.3, 0.4) is 0 Å². The third-order valence-corrected chi connectivity index (χ3v) is 3.85. The van der Waals surface area contributed by atoms with Gasteiger partial charge in [-0.25, -0.2) is 0 Å². The van der Waals surface area contributed by atoms with Crippen molar-refractivity contribution in [3.8, 4) is 0 Å². The quantitative estimate of drug-likeness (QED) is 0.595. The van der Waals surface area contributed by atoms with Crippen molar-refractivity contribution in [2.24, 2.45) is 5.41 Å². The molecular weight excluding hydrogens is 246 g/mol. The average Bonchev–Trinajstić information content (AvgIpc) is 3.07. The highest BCUT2D eigenvalue weighted by molar-refractivity contribution is 5.81. The third kappa shape index (κ3) is 4.49. The topological polar surface area (TPSA) is 86.6 Å². The fourth-order valence-electron chi connectivity index (χ4n) is 2.48. The number of hydrogen-bond acceptors (Lipinski definition) is 3. The molecule has 5 heteroatoms. The van der Waals surface area contributed by atoms with Crippen LogP contribution in [0.15, 0.2) is 0 Å². The van der Waals surface area contributed by atoms with E-state index in [0.29, 0.717) is 25.7 Å². The van der Waals surface area contributed by atoms with Crippen LogP contribution in [-0.2, 0) is 9.59 Å². The normalized spacial score (nSPS) is 17.0. The first-order chi connectivity index (χ1) is 8.87. The van der Waals surface area contributed by atoms with Gasteiger partial charge in [0, 0.05) is 6.54 Å². The number of carboxylic acid groups (broad SMARTS) is 1. The fraction of sp³-hybridized carbons (Fsp3) is 0.857. The summed E-state index contributed by atoms with van der Waals surface area (Å²) < 4.78 is 0. The summed E-state index contributed by atoms with van der Waals surface area (Å²) in [6.45, 7) is 4.12. The minimum absolute atomic E-state index is 0.0599. The summed E-state index contributed by atoms with van der Waals surface area (Å²) in [7, 11) is 0. The summed E-state index contributed by atoms with van der Waals surface area (Å²) in [5, 5.41) is 22.0. The summed E-state index contributed by atoms with van der Waals surface area (Å²) in [4.78, 5) is 22.8. The summed E-state index contributed by atoms with van der Waals surface area (Å²) in [6, 6.07) is 0. The maximum absolute atomic E-state index is 11.8. The van der Waals surface area contributed by atoms with Crippen molar-refractivity contribution in [3.05, 3.63) is 0 Å². The SMILES string of the molecule is CCCC(O)(CCC)CC(=O)NCC1(C(=O)O)CC1. The number of hydrogen-bond donors (Lipinski definition) is 3. The zero-order valence-electron chi connectivity index (χ0n) is 11.9. The molecule has 1 saturated carbocycles. The van der Waals surface area contributed by atoms with Gasteiger partial charge < -0.3 is 15.5 Å². The van der Waals surface area contributed by atoms with E-state index in [2.05, 4.69) is 5.32 Å². The van der Waals surface area contributed by atoms with Crippen LogP contribution in [-0.4, -0.2) is 34.2 Å². The van der Waals surface area contributed by atoms with Gasteiger partial charge in [-0.05, 0) is 25.7 Å². The van der Waals surface area contributed by atoms with Crippen LogP contribution >= 0.6 is 0 Å². The summed E-state index contributed by atoms with van der Waals surface area (Å²) in [5.41, 5.74) is -1.70. The zero-order chi connectivity index (χ0) is 14.5. The van der Waals surface area contributed by atoms with Crippen LogP contribution in [0.5, 0.6) is 0 Å². The molecule has 0 spiro atoms. The van der Waals surface area contributed by atoms with Crippen LogP contribution < -0.4 is 5.32 Å². The van der Waals surface area contributed by atoms with E-state index < -0.39 is 17.0 Å². The number of aliphatic carboxylic acids is 1. The van der Waals surface area contributed by atoms with Crippen molar-refractivity contribution in [1.82, 2.24) is 5.32 Å². The van der Waals surface area contributed by atoms with Crippen LogP contribution in [0, 0.1) is 5.41 Å². The molecule has 0 unspecified atom stereocenters. The molecule has 0 saturated heterocycles. The largest absolute Gasteiger partial charge is 0.481 e. The first kappa shape index (κ1) is 16.0. The Balaban J connectivity index is 2.43. The Morgan fingerprint density at radius 1 is 1.21 bits per heavy atom. The Morgan fingerprint density at radius 2 is 1.74 bits per heavy atom. The standard InChI is InChI=1S/C14H25NO4/c1-3-5-14(19,6-4-2)9-11(16)15-10-13(7-8-13)12(17)18/h19H,3-10H2,1-2H3,(H,15,16)(H,17,18). The molecule has 1 aliphatic rings. The van der Waals surface area contributed by atoms with Crippen LogP contribution in [0.2, 0.25) is 0 Å². The number of rotatable bonds is 9. The van der Waals surface area contributed by atoms with E-state index in [1.54, 1.807) is 0 Å². The highest BCUT2D eigenvalue weighted by Gasteiger charge is 2.50. The van der Waals surface area contributed by atoms with Gasteiger partial charge >= 0.3 is 5.97 Å². The number of carbonyl (C=O) groups excluding carboxylic acids is 1. The smallest absolute Gasteiger partial charge is 0.311 e. The fourth-order valence-corrected chi connectivity index (χ4v) is 2.48. The average molecular weight is 271 g/mol. The minimum Gasteiger partial charge on any atom is -0.481 e. The maximum atomic E-state index is 11.8. The predicted molar refractivity (Wildman–Crippen MR) is 71.7 cm³/mol. The van der Waals surface area contributed by atoms with Gasteiger partial charge in [0.25, 0.3) is 0 Å². The number of carbonyl (C=O) groups is 2. The van der Waals surface area contributed by atoms with E-state index >= 15 is 0 Å². The molecule has 0 radical (unpaired) electrons. The van der Waals surface area contributed by atoms with Crippen molar-refractivity contribution in [2.45, 2.75) is 64.4 Å². The second-order valence-electron chi connectivity index (χ2n) is 5.76. The Morgan fingerprint density at radius 3 is 2.11 bits per heavy atom. The highest BCUT2D eigenvalue weighted by Crippen LogP contribution is 2.45. The second kappa shape index (κ2) is 6.37. The van der Waals surface area contributed by atoms with Gasteiger partial charge in [0.05, 0.1) is 17.4 Å². The Kier molecular flexibility index (Phi) is 5.35. The summed E-state index contributed by atoms with van der Waals surface area (Å²) in [6.07, 6.45) is 4.14. The molecule has 110 valence electrons. The van der Waals surface area contributed by atoms with Gasteiger partial charge in [0.15, 0.2) is 0 Å². The van der Waals surface area contributed by atoms with E-state index in [4.69, 9.17) is 5.11 Å². The molecule has 1 rings (SSSR count). The third-order valence-electron chi connectivity index (χ3n) is 3.85. The lowest BCUT2D eigenvalue weighted by molar-refractivity contribution is -0.143. The molecular formula is C14H25NO4. The summed E-state index contributed by atoms with van der Waals surface area (Å²) >= 11 is 0. The zero-order valence-corrected chi connectivity index (χ0v) is 11.9. The summed E-state index contributed by atoms with van der Waals surface area (Å²) in [5.74, 6) is -1.10. The molecule has 0 aromatic heterocycles. The lowest BCUT2D eigenvalue weighted by Gasteiger charge is -2.27. The Labute approximate surface area is 114 Å². The monoisotopic (exact) mass is 271 g/mol. The lowest BCUT2D eigenvalue weighted by Crippen LogP contribution is -2.40. The van der Waals surface area contributed by atoms with Crippen LogP contribution in [0.25, 0.3) is 0 Å². The Hall–Kier alpha value is -1.10. The van der Waals surface area contributed by atoms with Crippen molar-refractivity contribution in [3.63, 3.8) is 0 Å². The molecule has 0 bridgehead atoms. The van der Waals surface area contributed by atoms with E-state index in [1.165, 1.54) is 0 Å². The van der Waals surface area contributed by atoms with Crippen molar-refractivity contribution in [2.75, 3.05) is 6.54 Å². The predicted octanol–water partition coefficient (Wildman–Crippen LogP) is 1.69. The molecule has 1 aliphatic carbocycles. The first-order valence-electron chi connectivity index (χ1n) is 7.10.